The quantitative estimate of drug-likeness (QED) is 0.651. The first-order valence-electron chi connectivity index (χ1n) is 3.53. The number of hydrogen-bond donors (Lipinski definition) is 1. The van der Waals surface area contributed by atoms with E-state index in [0.717, 1.165) is 0 Å². The lowest BCUT2D eigenvalue weighted by Crippen LogP contribution is -1.99. The molecule has 64 valence electrons. The first kappa shape index (κ1) is 8.71. The van der Waals surface area contributed by atoms with E-state index in [1.807, 2.05) is 0 Å². The van der Waals surface area contributed by atoms with Crippen LogP contribution in [0.25, 0.3) is 0 Å². The van der Waals surface area contributed by atoms with Gasteiger partial charge in [-0.15, -0.1) is 0 Å². The summed E-state index contributed by atoms with van der Waals surface area (Å²) in [6.45, 7) is 2.76. The summed E-state index contributed by atoms with van der Waals surface area (Å²) >= 11 is 0. The maximum absolute atomic E-state index is 13.1. The zero-order valence-electron chi connectivity index (χ0n) is 6.89. The minimum Gasteiger partial charge on any atom is -0.507 e. The predicted octanol–water partition coefficient (Wildman–Crippen LogP) is 2.04. The van der Waals surface area contributed by atoms with Gasteiger partial charge in [0, 0.05) is 0 Å². The standard InChI is InChI=1S/C9H9FO2/c1-5-3-4-7(12)8(6(2)11)9(5)10/h3-4,12H,1-2H3. The Morgan fingerprint density at radius 2 is 2.08 bits per heavy atom. The van der Waals surface area contributed by atoms with Gasteiger partial charge in [-0.1, -0.05) is 6.07 Å². The summed E-state index contributed by atoms with van der Waals surface area (Å²) in [6.07, 6.45) is 0. The second-order valence-corrected chi connectivity index (χ2v) is 2.65. The molecule has 12 heavy (non-hydrogen) atoms. The normalized spacial score (nSPS) is 9.92. The van der Waals surface area contributed by atoms with Gasteiger partial charge in [0.15, 0.2) is 5.78 Å². The molecule has 3 heteroatoms. The average Bonchev–Trinajstić information content (AvgIpc) is 1.97. The topological polar surface area (TPSA) is 37.3 Å². The van der Waals surface area contributed by atoms with E-state index in [9.17, 15) is 9.18 Å². The maximum atomic E-state index is 13.1. The summed E-state index contributed by atoms with van der Waals surface area (Å²) in [5.74, 6) is -1.40. The van der Waals surface area contributed by atoms with Gasteiger partial charge in [0.25, 0.3) is 0 Å². The minimum atomic E-state index is -0.637. The van der Waals surface area contributed by atoms with Crippen LogP contribution in [0, 0.1) is 12.7 Å². The number of phenols is 1. The van der Waals surface area contributed by atoms with Crippen molar-refractivity contribution in [3.05, 3.63) is 29.1 Å². The third kappa shape index (κ3) is 1.30. The molecule has 2 nitrogen and oxygen atoms in total. The molecule has 0 aliphatic rings. The molecule has 0 saturated heterocycles. The molecule has 0 radical (unpaired) electrons. The zero-order chi connectivity index (χ0) is 9.30. The van der Waals surface area contributed by atoms with Gasteiger partial charge in [-0.3, -0.25) is 4.79 Å². The van der Waals surface area contributed by atoms with Crippen LogP contribution in [0.2, 0.25) is 0 Å². The highest BCUT2D eigenvalue weighted by Crippen LogP contribution is 2.22. The van der Waals surface area contributed by atoms with E-state index in [4.69, 9.17) is 5.11 Å². The van der Waals surface area contributed by atoms with E-state index < -0.39 is 11.6 Å². The number of carbonyl (C=O) groups is 1. The second kappa shape index (κ2) is 2.93. The molecule has 0 bridgehead atoms. The lowest BCUT2D eigenvalue weighted by Gasteiger charge is -2.03. The SMILES string of the molecule is CC(=O)c1c(O)ccc(C)c1F. The minimum absolute atomic E-state index is 0.227. The van der Waals surface area contributed by atoms with Gasteiger partial charge < -0.3 is 5.11 Å². The predicted molar refractivity (Wildman–Crippen MR) is 42.8 cm³/mol. The Hall–Kier alpha value is -1.38. The van der Waals surface area contributed by atoms with Gasteiger partial charge in [0.1, 0.15) is 11.6 Å². The van der Waals surface area contributed by atoms with Crippen LogP contribution < -0.4 is 0 Å². The highest BCUT2D eigenvalue weighted by atomic mass is 19.1. The first-order valence-corrected chi connectivity index (χ1v) is 3.53. The van der Waals surface area contributed by atoms with E-state index in [1.165, 1.54) is 19.1 Å². The summed E-state index contributed by atoms with van der Waals surface area (Å²) in [4.78, 5) is 10.8. The van der Waals surface area contributed by atoms with E-state index in [2.05, 4.69) is 0 Å². The molecule has 0 aromatic heterocycles. The number of aromatic hydroxyl groups is 1. The highest BCUT2D eigenvalue weighted by Gasteiger charge is 2.14. The Morgan fingerprint density at radius 3 is 2.50 bits per heavy atom. The van der Waals surface area contributed by atoms with E-state index in [1.54, 1.807) is 6.92 Å². The van der Waals surface area contributed by atoms with Crippen LogP contribution in [0.1, 0.15) is 22.8 Å². The largest absolute Gasteiger partial charge is 0.507 e. The number of Topliss-reactive ketones (excluding diaryl/α,β-unsaturated/α-hetero) is 1. The number of carbonyl (C=O) groups excluding carboxylic acids is 1. The lowest BCUT2D eigenvalue weighted by molar-refractivity contribution is 0.101. The van der Waals surface area contributed by atoms with E-state index >= 15 is 0 Å². The second-order valence-electron chi connectivity index (χ2n) is 2.65. The number of rotatable bonds is 1. The van der Waals surface area contributed by atoms with Crippen LogP contribution in [0.4, 0.5) is 4.39 Å². The number of hydrogen-bond acceptors (Lipinski definition) is 2. The number of aryl methyl sites for hydroxylation is 1. The Balaban J connectivity index is 3.43. The molecule has 0 heterocycles. The number of halogens is 1. The summed E-state index contributed by atoms with van der Waals surface area (Å²) in [5, 5.41) is 9.13. The molecule has 1 N–H and O–H groups in total. The maximum Gasteiger partial charge on any atom is 0.166 e. The Kier molecular flexibility index (Phi) is 2.13. The lowest BCUT2D eigenvalue weighted by atomic mass is 10.1. The van der Waals surface area contributed by atoms with Crippen molar-refractivity contribution < 1.29 is 14.3 Å². The van der Waals surface area contributed by atoms with Crippen molar-refractivity contribution in [2.45, 2.75) is 13.8 Å². The molecule has 0 unspecified atom stereocenters. The Labute approximate surface area is 69.6 Å². The average molecular weight is 168 g/mol. The smallest absolute Gasteiger partial charge is 0.166 e. The molecule has 1 aromatic carbocycles. The molecule has 0 aliphatic carbocycles. The Bertz CT molecular complexity index is 332. The summed E-state index contributed by atoms with van der Waals surface area (Å²) in [6, 6.07) is 2.74. The molecule has 0 atom stereocenters. The van der Waals surface area contributed by atoms with Crippen LogP contribution in [0.15, 0.2) is 12.1 Å². The van der Waals surface area contributed by atoms with Crippen LogP contribution >= 0.6 is 0 Å². The molecule has 0 fully saturated rings. The van der Waals surface area contributed by atoms with Crippen molar-refractivity contribution in [1.82, 2.24) is 0 Å². The molecule has 1 rings (SSSR count). The van der Waals surface area contributed by atoms with Crippen LogP contribution in [0.3, 0.4) is 0 Å². The third-order valence-corrected chi connectivity index (χ3v) is 1.67. The first-order chi connectivity index (χ1) is 5.54. The molecule has 1 aromatic rings. The van der Waals surface area contributed by atoms with Crippen molar-refractivity contribution in [2.24, 2.45) is 0 Å². The van der Waals surface area contributed by atoms with Gasteiger partial charge in [0.2, 0.25) is 0 Å². The molecule has 0 saturated carbocycles. The summed E-state index contributed by atoms with van der Waals surface area (Å²) in [5.41, 5.74) is 0.132. The molecular weight excluding hydrogens is 159 g/mol. The summed E-state index contributed by atoms with van der Waals surface area (Å²) in [7, 11) is 0. The number of ketones is 1. The van der Waals surface area contributed by atoms with Crippen LogP contribution in [-0.2, 0) is 0 Å². The molecular formula is C9H9FO2. The monoisotopic (exact) mass is 168 g/mol. The zero-order valence-corrected chi connectivity index (χ0v) is 6.89. The fourth-order valence-electron chi connectivity index (χ4n) is 1.00. The fraction of sp³-hybridized carbons (Fsp3) is 0.222. The van der Waals surface area contributed by atoms with Crippen molar-refractivity contribution in [1.29, 1.82) is 0 Å². The third-order valence-electron chi connectivity index (χ3n) is 1.67. The van der Waals surface area contributed by atoms with E-state index in [-0.39, 0.29) is 11.3 Å². The highest BCUT2D eigenvalue weighted by molar-refractivity contribution is 5.97. The number of benzene rings is 1. The van der Waals surface area contributed by atoms with Crippen molar-refractivity contribution in [2.75, 3.05) is 0 Å². The van der Waals surface area contributed by atoms with Crippen molar-refractivity contribution in [3.8, 4) is 5.75 Å². The van der Waals surface area contributed by atoms with Crippen molar-refractivity contribution >= 4 is 5.78 Å². The molecule has 0 spiro atoms. The van der Waals surface area contributed by atoms with Crippen LogP contribution in [-0.4, -0.2) is 10.9 Å². The number of phenolic OH excluding ortho intramolecular Hbond substituents is 1. The van der Waals surface area contributed by atoms with E-state index in [0.29, 0.717) is 5.56 Å². The van der Waals surface area contributed by atoms with Gasteiger partial charge in [-0.25, -0.2) is 4.39 Å². The Morgan fingerprint density at radius 1 is 1.50 bits per heavy atom. The summed E-state index contributed by atoms with van der Waals surface area (Å²) < 4.78 is 13.1. The van der Waals surface area contributed by atoms with Gasteiger partial charge in [0.05, 0.1) is 5.56 Å². The van der Waals surface area contributed by atoms with Gasteiger partial charge in [-0.2, -0.15) is 0 Å². The molecule has 0 amide bonds. The van der Waals surface area contributed by atoms with Crippen LogP contribution in [0.5, 0.6) is 5.75 Å². The fourth-order valence-corrected chi connectivity index (χ4v) is 1.00. The van der Waals surface area contributed by atoms with Crippen molar-refractivity contribution in [3.63, 3.8) is 0 Å². The molecule has 0 aliphatic heterocycles. The van der Waals surface area contributed by atoms with Gasteiger partial charge in [-0.05, 0) is 25.5 Å². The van der Waals surface area contributed by atoms with Gasteiger partial charge >= 0.3 is 0 Å².